The zero-order valence-corrected chi connectivity index (χ0v) is 52.9. The van der Waals surface area contributed by atoms with Crippen LogP contribution in [0.1, 0.15) is 15.9 Å². The third kappa shape index (κ3) is 10.2. The van der Waals surface area contributed by atoms with Crippen molar-refractivity contribution in [2.24, 2.45) is 0 Å². The molecule has 5 heterocycles. The van der Waals surface area contributed by atoms with Crippen LogP contribution in [0.4, 0.5) is 34.1 Å². The van der Waals surface area contributed by atoms with Crippen LogP contribution in [0.15, 0.2) is 334 Å². The van der Waals surface area contributed by atoms with Crippen molar-refractivity contribution in [1.29, 1.82) is 0 Å². The molecule has 0 amide bonds. The maximum atomic E-state index is 14.0. The monoisotopic (exact) mass is 1260 g/mol. The summed E-state index contributed by atoms with van der Waals surface area (Å²) >= 11 is 0. The number of para-hydroxylation sites is 5. The van der Waals surface area contributed by atoms with Gasteiger partial charge in [0.15, 0.2) is 23.3 Å². The lowest BCUT2D eigenvalue weighted by atomic mass is 9.33. The topological polar surface area (TPSA) is 102 Å². The van der Waals surface area contributed by atoms with Gasteiger partial charge in [0.25, 0.3) is 6.71 Å². The molecule has 460 valence electrons. The van der Waals surface area contributed by atoms with E-state index in [2.05, 4.69) is 208 Å². The Labute approximate surface area is 566 Å². The third-order valence-electron chi connectivity index (χ3n) is 18.8. The summed E-state index contributed by atoms with van der Waals surface area (Å²) in [6, 6.07) is 115. The highest BCUT2D eigenvalue weighted by Gasteiger charge is 2.44. The zero-order valence-electron chi connectivity index (χ0n) is 52.9. The second-order valence-electron chi connectivity index (χ2n) is 24.6. The number of carbonyl (C=O) groups excluding carboxylic acids is 1. The number of rotatable bonds is 13. The van der Waals surface area contributed by atoms with Gasteiger partial charge in [0.05, 0.1) is 39.4 Å². The number of anilines is 6. The van der Waals surface area contributed by atoms with E-state index in [0.717, 1.165) is 123 Å². The molecular weight excluding hydrogens is 1200 g/mol. The number of esters is 1. The lowest BCUT2D eigenvalue weighted by Crippen LogP contribution is -2.61. The molecule has 0 atom stereocenters. The fourth-order valence-electron chi connectivity index (χ4n) is 14.3. The Balaban J connectivity index is 0.853. The van der Waals surface area contributed by atoms with E-state index in [1.165, 1.54) is 16.4 Å². The normalized spacial score (nSPS) is 12.1. The van der Waals surface area contributed by atoms with E-state index in [1.807, 2.05) is 140 Å². The van der Waals surface area contributed by atoms with Crippen LogP contribution in [0, 0.1) is 0 Å². The van der Waals surface area contributed by atoms with Crippen LogP contribution in [0.25, 0.3) is 107 Å². The second kappa shape index (κ2) is 24.3. The molecule has 0 N–H and O–H groups in total. The summed E-state index contributed by atoms with van der Waals surface area (Å²) in [5, 5.41) is 1.85. The number of fused-ring (bicyclic) bond motifs is 7. The van der Waals surface area contributed by atoms with E-state index in [9.17, 15) is 4.79 Å². The van der Waals surface area contributed by atoms with Crippen LogP contribution < -0.4 is 26.2 Å². The number of ether oxygens (including phenoxy) is 1. The van der Waals surface area contributed by atoms with Gasteiger partial charge in [-0.25, -0.2) is 29.7 Å². The van der Waals surface area contributed by atoms with Crippen LogP contribution in [-0.2, 0) is 11.3 Å². The highest BCUT2D eigenvalue weighted by molar-refractivity contribution is 7.00. The number of hydrogen-bond acceptors (Lipinski definition) is 9. The summed E-state index contributed by atoms with van der Waals surface area (Å²) in [6.07, 6.45) is 0. The van der Waals surface area contributed by atoms with E-state index >= 15 is 0 Å². The lowest BCUT2D eigenvalue weighted by molar-refractivity contribution is 0.0473. The first-order valence-corrected chi connectivity index (χ1v) is 32.9. The molecule has 16 aromatic rings. The molecule has 0 radical (unpaired) electrons. The van der Waals surface area contributed by atoms with Crippen molar-refractivity contribution < 1.29 is 9.53 Å². The summed E-state index contributed by atoms with van der Waals surface area (Å²) < 4.78 is 8.18. The van der Waals surface area contributed by atoms with Crippen LogP contribution in [0.5, 0.6) is 0 Å². The molecule has 0 saturated heterocycles. The van der Waals surface area contributed by atoms with Crippen LogP contribution in [-0.4, -0.2) is 42.2 Å². The molecular formula is C87H57BN8O2. The van der Waals surface area contributed by atoms with Crippen molar-refractivity contribution in [1.82, 2.24) is 29.5 Å². The van der Waals surface area contributed by atoms with Crippen molar-refractivity contribution >= 4 is 85.0 Å². The van der Waals surface area contributed by atoms with E-state index in [-0.39, 0.29) is 13.3 Å². The number of carbonyl (C=O) groups is 1. The molecule has 11 heteroatoms. The van der Waals surface area contributed by atoms with Gasteiger partial charge < -0.3 is 19.1 Å². The number of hydrogen-bond donors (Lipinski definition) is 0. The summed E-state index contributed by atoms with van der Waals surface area (Å²) in [4.78, 5) is 46.0. The SMILES string of the molecule is O=C(OCc1ccccc1)c1ccc2c(c1)c1ccccc1n2-c1ccc(-c2cc(-c3ccccc3)nc(-c3ccccc3)n2)cc1-c1nc(-c2ccccc2)nc(-c2cccc(-c3ccc4c5c3N(c3ccccc3)c3ccccc3B5c3ccccc3N4c3ccccc3)c2)n1. The number of benzene rings is 13. The molecule has 0 fully saturated rings. The van der Waals surface area contributed by atoms with E-state index in [4.69, 9.17) is 29.7 Å². The Hall–Kier alpha value is -13.1. The van der Waals surface area contributed by atoms with Gasteiger partial charge in [0.1, 0.15) is 6.61 Å². The van der Waals surface area contributed by atoms with Crippen LogP contribution in [0.2, 0.25) is 0 Å². The van der Waals surface area contributed by atoms with Crippen LogP contribution in [0.3, 0.4) is 0 Å². The molecule has 18 rings (SSSR count). The van der Waals surface area contributed by atoms with Gasteiger partial charge in [0, 0.05) is 78.2 Å². The average molecular weight is 1260 g/mol. The second-order valence-corrected chi connectivity index (χ2v) is 24.6. The smallest absolute Gasteiger partial charge is 0.338 e. The van der Waals surface area contributed by atoms with Crippen molar-refractivity contribution in [3.05, 3.63) is 345 Å². The maximum Gasteiger partial charge on any atom is 0.338 e. The van der Waals surface area contributed by atoms with Crippen molar-refractivity contribution in [3.8, 4) is 84.9 Å². The number of nitrogens with zero attached hydrogens (tertiary/aromatic N) is 8. The Morgan fingerprint density at radius 1 is 0.337 bits per heavy atom. The predicted molar refractivity (Wildman–Crippen MR) is 397 cm³/mol. The minimum Gasteiger partial charge on any atom is -0.457 e. The molecule has 0 unspecified atom stereocenters. The van der Waals surface area contributed by atoms with Gasteiger partial charge >= 0.3 is 5.97 Å². The van der Waals surface area contributed by atoms with Crippen molar-refractivity contribution in [3.63, 3.8) is 0 Å². The highest BCUT2D eigenvalue weighted by Crippen LogP contribution is 2.49. The standard InChI is InChI=1S/C87H57BN8O2/c97-87(98-56-57-26-7-1-8-27-57)64-47-50-76-69(54-64)68-40-19-22-43-75(68)96(76)77-49-46-62(74-55-73(58-28-9-2-10-29-58)89-83(90-74)59-30-11-3-12-31-59)53-70(77)86-92-84(60-32-13-4-14-33-60)91-85(93-86)63-35-25-34-61(52-63)67-48-51-80-81-82(67)95(66-38-17-6-18-39-66)79-45-24-21-42-72(79)88(81)71-41-20-23-44-78(71)94(80)65-36-15-5-16-37-65/h1-55H,56H2. The van der Waals surface area contributed by atoms with Gasteiger partial charge in [0.2, 0.25) is 0 Å². The van der Waals surface area contributed by atoms with E-state index in [0.29, 0.717) is 28.9 Å². The maximum absolute atomic E-state index is 14.0. The van der Waals surface area contributed by atoms with E-state index in [1.54, 1.807) is 0 Å². The van der Waals surface area contributed by atoms with Crippen LogP contribution >= 0.6 is 0 Å². The van der Waals surface area contributed by atoms with Gasteiger partial charge in [-0.1, -0.05) is 243 Å². The Kier molecular flexibility index (Phi) is 14.3. The summed E-state index contributed by atoms with van der Waals surface area (Å²) in [5.74, 6) is 1.64. The fourth-order valence-corrected chi connectivity index (χ4v) is 14.3. The molecule has 10 nitrogen and oxygen atoms in total. The summed E-state index contributed by atoms with van der Waals surface area (Å²) in [7, 11) is 0. The minimum absolute atomic E-state index is 0.0739. The highest BCUT2D eigenvalue weighted by atomic mass is 16.5. The summed E-state index contributed by atoms with van der Waals surface area (Å²) in [6.45, 7) is 0.0841. The van der Waals surface area contributed by atoms with Gasteiger partial charge in [-0.15, -0.1) is 0 Å². The number of aromatic nitrogens is 6. The van der Waals surface area contributed by atoms with Gasteiger partial charge in [-0.2, -0.15) is 0 Å². The Morgan fingerprint density at radius 2 is 0.847 bits per heavy atom. The van der Waals surface area contributed by atoms with Crippen molar-refractivity contribution in [2.75, 3.05) is 9.80 Å². The largest absolute Gasteiger partial charge is 0.457 e. The minimum atomic E-state index is -0.406. The molecule has 0 aliphatic carbocycles. The molecule has 13 aromatic carbocycles. The molecule has 0 bridgehead atoms. The third-order valence-corrected chi connectivity index (χ3v) is 18.8. The molecule has 3 aromatic heterocycles. The molecule has 0 spiro atoms. The molecule has 0 saturated carbocycles. The first-order chi connectivity index (χ1) is 48.5. The summed E-state index contributed by atoms with van der Waals surface area (Å²) in [5.41, 5.74) is 22.9. The first-order valence-electron chi connectivity index (χ1n) is 32.9. The molecule has 98 heavy (non-hydrogen) atoms. The van der Waals surface area contributed by atoms with E-state index < -0.39 is 5.97 Å². The fraction of sp³-hybridized carbons (Fsp3) is 0.0115. The van der Waals surface area contributed by atoms with Gasteiger partial charge in [-0.05, 0) is 119 Å². The van der Waals surface area contributed by atoms with Gasteiger partial charge in [-0.3, -0.25) is 0 Å². The van der Waals surface area contributed by atoms with Crippen molar-refractivity contribution in [2.45, 2.75) is 6.61 Å². The molecule has 2 aliphatic heterocycles. The first kappa shape index (κ1) is 57.5. The predicted octanol–water partition coefficient (Wildman–Crippen LogP) is 18.9. The Morgan fingerprint density at radius 3 is 1.53 bits per heavy atom. The Bertz CT molecular complexity index is 5670. The lowest BCUT2D eigenvalue weighted by Gasteiger charge is -2.45. The zero-order chi connectivity index (χ0) is 65.0. The molecule has 2 aliphatic rings. The average Bonchev–Trinajstić information content (AvgIpc) is 0.848. The quantitative estimate of drug-likeness (QED) is 0.0825.